The molecule has 2 nitrogen and oxygen atoms in total. The highest BCUT2D eigenvalue weighted by Gasteiger charge is 2.52. The van der Waals surface area contributed by atoms with Crippen LogP contribution >= 0.6 is 10.5 Å². The first-order valence-electron chi connectivity index (χ1n) is 13.9. The highest BCUT2D eigenvalue weighted by atomic mass is 32.2. The molecule has 7 rings (SSSR count). The highest BCUT2D eigenvalue weighted by molar-refractivity contribution is 7.50. The standard InChI is InChI=1S/C36H32BO2S/c1-35(2)36(3,4)39-37(38-35)28-23-31(26-16-10-6-11-17-26)34-30-21-20-27(25-14-8-5-9-15-25)22-32(30)40(33(34)24-28)29-18-12-7-13-19-29/h5-24H,1-4H3/q+1. The second kappa shape index (κ2) is 9.45. The number of thiophene rings is 1. The molecule has 0 spiro atoms. The molecule has 0 bridgehead atoms. The van der Waals surface area contributed by atoms with Gasteiger partial charge >= 0.3 is 7.12 Å². The van der Waals surface area contributed by atoms with E-state index in [0.717, 1.165) is 5.46 Å². The van der Waals surface area contributed by atoms with Crippen molar-refractivity contribution >= 4 is 43.2 Å². The van der Waals surface area contributed by atoms with Gasteiger partial charge in [-0.3, -0.25) is 0 Å². The Hall–Kier alpha value is -3.70. The molecule has 0 N–H and O–H groups in total. The molecular weight excluding hydrogens is 507 g/mol. The van der Waals surface area contributed by atoms with Crippen LogP contribution in [-0.4, -0.2) is 18.3 Å². The first-order chi connectivity index (χ1) is 19.3. The van der Waals surface area contributed by atoms with Gasteiger partial charge in [0.1, 0.15) is 0 Å². The summed E-state index contributed by atoms with van der Waals surface area (Å²) in [6.45, 7) is 8.48. The van der Waals surface area contributed by atoms with Crippen molar-refractivity contribution in [1.82, 2.24) is 0 Å². The predicted molar refractivity (Wildman–Crippen MR) is 172 cm³/mol. The van der Waals surface area contributed by atoms with Gasteiger partial charge in [-0.1, -0.05) is 91.0 Å². The maximum atomic E-state index is 6.58. The van der Waals surface area contributed by atoms with Crippen LogP contribution in [0.5, 0.6) is 0 Å². The number of hydrogen-bond donors (Lipinski definition) is 0. The van der Waals surface area contributed by atoms with Crippen molar-refractivity contribution in [3.05, 3.63) is 121 Å². The Morgan fingerprint density at radius 3 is 1.75 bits per heavy atom. The van der Waals surface area contributed by atoms with Gasteiger partial charge in [-0.05, 0) is 79.7 Å². The third-order valence-electron chi connectivity index (χ3n) is 8.51. The van der Waals surface area contributed by atoms with E-state index in [1.807, 2.05) is 0 Å². The lowest BCUT2D eigenvalue weighted by atomic mass is 9.77. The molecule has 1 aliphatic heterocycles. The van der Waals surface area contributed by atoms with Gasteiger partial charge in [0.15, 0.2) is 14.3 Å². The Kier molecular flexibility index (Phi) is 5.97. The zero-order valence-electron chi connectivity index (χ0n) is 23.3. The van der Waals surface area contributed by atoms with Crippen molar-refractivity contribution in [2.45, 2.75) is 38.9 Å². The highest BCUT2D eigenvalue weighted by Crippen LogP contribution is 2.51. The summed E-state index contributed by atoms with van der Waals surface area (Å²) in [6.07, 6.45) is 0. The molecule has 0 aliphatic carbocycles. The first-order valence-corrected chi connectivity index (χ1v) is 15.1. The summed E-state index contributed by atoms with van der Waals surface area (Å²) >= 11 is 0. The lowest BCUT2D eigenvalue weighted by molar-refractivity contribution is 0.00578. The van der Waals surface area contributed by atoms with Gasteiger partial charge in [-0.2, -0.15) is 0 Å². The Morgan fingerprint density at radius 2 is 1.12 bits per heavy atom. The minimum Gasteiger partial charge on any atom is -0.399 e. The van der Waals surface area contributed by atoms with E-state index in [-0.39, 0.29) is 10.5 Å². The molecule has 0 amide bonds. The predicted octanol–water partition coefficient (Wildman–Crippen LogP) is 9.36. The second-order valence-electron chi connectivity index (χ2n) is 11.6. The third kappa shape index (κ3) is 4.10. The van der Waals surface area contributed by atoms with Crippen LogP contribution in [0, 0.1) is 0 Å². The van der Waals surface area contributed by atoms with Crippen molar-refractivity contribution in [3.8, 4) is 27.1 Å². The molecule has 2 heterocycles. The van der Waals surface area contributed by atoms with Gasteiger partial charge in [0.05, 0.1) is 16.6 Å². The summed E-state index contributed by atoms with van der Waals surface area (Å²) in [5.41, 5.74) is 5.17. The van der Waals surface area contributed by atoms with E-state index in [2.05, 4.69) is 149 Å². The molecule has 6 aromatic rings. The van der Waals surface area contributed by atoms with Crippen LogP contribution in [0.4, 0.5) is 0 Å². The van der Waals surface area contributed by atoms with E-state index in [1.165, 1.54) is 47.3 Å². The van der Waals surface area contributed by atoms with Gasteiger partial charge in [-0.25, -0.2) is 0 Å². The zero-order valence-corrected chi connectivity index (χ0v) is 24.2. The average Bonchev–Trinajstić information content (AvgIpc) is 3.42. The van der Waals surface area contributed by atoms with Crippen molar-refractivity contribution in [2.24, 2.45) is 0 Å². The summed E-state index contributed by atoms with van der Waals surface area (Å²) < 4.78 is 15.9. The fraction of sp³-hybridized carbons (Fsp3) is 0.167. The van der Waals surface area contributed by atoms with E-state index in [4.69, 9.17) is 9.31 Å². The summed E-state index contributed by atoms with van der Waals surface area (Å²) in [4.78, 5) is 1.32. The van der Waals surface area contributed by atoms with Gasteiger partial charge in [0.2, 0.25) is 0 Å². The molecule has 4 heteroatoms. The van der Waals surface area contributed by atoms with Crippen LogP contribution in [0.1, 0.15) is 27.7 Å². The Labute approximate surface area is 239 Å². The maximum absolute atomic E-state index is 6.58. The Morgan fingerprint density at radius 1 is 0.550 bits per heavy atom. The molecule has 196 valence electrons. The molecule has 5 aromatic carbocycles. The molecule has 0 radical (unpaired) electrons. The molecular formula is C36H32BO2S+. The van der Waals surface area contributed by atoms with Crippen LogP contribution in [0.15, 0.2) is 121 Å². The summed E-state index contributed by atoms with van der Waals surface area (Å²) in [5, 5.41) is 2.62. The molecule has 1 saturated heterocycles. The summed E-state index contributed by atoms with van der Waals surface area (Å²) in [6, 6.07) is 44.0. The zero-order chi connectivity index (χ0) is 27.5. The number of fused-ring (bicyclic) bond motifs is 3. The van der Waals surface area contributed by atoms with Crippen LogP contribution < -0.4 is 5.46 Å². The molecule has 0 saturated carbocycles. The molecule has 1 atom stereocenters. The largest absolute Gasteiger partial charge is 0.495 e. The average molecular weight is 540 g/mol. The van der Waals surface area contributed by atoms with Crippen molar-refractivity contribution in [2.75, 3.05) is 0 Å². The van der Waals surface area contributed by atoms with Crippen LogP contribution in [-0.2, 0) is 9.31 Å². The fourth-order valence-electron chi connectivity index (χ4n) is 5.67. The van der Waals surface area contributed by atoms with Gasteiger partial charge in [0.25, 0.3) is 0 Å². The minimum absolute atomic E-state index is 0.269. The maximum Gasteiger partial charge on any atom is 0.495 e. The van der Waals surface area contributed by atoms with Crippen LogP contribution in [0.2, 0.25) is 0 Å². The van der Waals surface area contributed by atoms with Gasteiger partial charge < -0.3 is 9.31 Å². The van der Waals surface area contributed by atoms with E-state index >= 15 is 0 Å². The summed E-state index contributed by atoms with van der Waals surface area (Å²) in [7, 11) is -0.697. The molecule has 1 fully saturated rings. The van der Waals surface area contributed by atoms with Gasteiger partial charge in [0, 0.05) is 21.9 Å². The lowest BCUT2D eigenvalue weighted by Crippen LogP contribution is -2.41. The van der Waals surface area contributed by atoms with E-state index in [0.29, 0.717) is 0 Å². The molecule has 1 aromatic heterocycles. The van der Waals surface area contributed by atoms with Crippen molar-refractivity contribution in [3.63, 3.8) is 0 Å². The Bertz CT molecular complexity index is 1820. The monoisotopic (exact) mass is 539 g/mol. The lowest BCUT2D eigenvalue weighted by Gasteiger charge is -2.32. The van der Waals surface area contributed by atoms with Crippen LogP contribution in [0.25, 0.3) is 47.3 Å². The van der Waals surface area contributed by atoms with Crippen molar-refractivity contribution in [1.29, 1.82) is 0 Å². The number of benzene rings is 5. The Balaban J connectivity index is 1.57. The smallest absolute Gasteiger partial charge is 0.399 e. The van der Waals surface area contributed by atoms with E-state index in [9.17, 15) is 0 Å². The first kappa shape index (κ1) is 25.3. The number of hydrogen-bond acceptors (Lipinski definition) is 2. The minimum atomic E-state index is -0.428. The third-order valence-corrected chi connectivity index (χ3v) is 10.8. The SMILES string of the molecule is CC1(C)OB(c2cc(-c3ccccc3)c3c4ccc(-c5ccccc5)cc4[s+](-c4ccccc4)c3c2)OC1(C)C. The fourth-order valence-corrected chi connectivity index (χ4v) is 8.16. The second-order valence-corrected chi connectivity index (χ2v) is 13.6. The van der Waals surface area contributed by atoms with Gasteiger partial charge in [-0.15, -0.1) is 0 Å². The quantitative estimate of drug-likeness (QED) is 0.164. The normalized spacial score (nSPS) is 16.6. The van der Waals surface area contributed by atoms with E-state index < -0.39 is 18.3 Å². The molecule has 40 heavy (non-hydrogen) atoms. The topological polar surface area (TPSA) is 18.5 Å². The summed E-state index contributed by atoms with van der Waals surface area (Å²) in [5.74, 6) is 0. The number of rotatable bonds is 4. The molecule has 1 unspecified atom stereocenters. The van der Waals surface area contributed by atoms with E-state index in [1.54, 1.807) is 0 Å². The van der Waals surface area contributed by atoms with Crippen molar-refractivity contribution < 1.29 is 9.31 Å². The molecule has 1 aliphatic rings. The van der Waals surface area contributed by atoms with Crippen LogP contribution in [0.3, 0.4) is 0 Å².